The van der Waals surface area contributed by atoms with E-state index in [2.05, 4.69) is 5.32 Å². The lowest BCUT2D eigenvalue weighted by Crippen LogP contribution is -2.12. The highest BCUT2D eigenvalue weighted by Crippen LogP contribution is 2.17. The number of aromatic hydroxyl groups is 1. The van der Waals surface area contributed by atoms with Crippen LogP contribution in [0.2, 0.25) is 0 Å². The van der Waals surface area contributed by atoms with Crippen LogP contribution in [0.1, 0.15) is 15.4 Å². The first-order valence-electron chi connectivity index (χ1n) is 5.26. The Morgan fingerprint density at radius 1 is 1.33 bits per heavy atom. The SMILES string of the molecule is Cc1c(C(=O)Nc2ccc(O)cc2)sc(=O)n1C. The number of phenols is 1. The van der Waals surface area contributed by atoms with Gasteiger partial charge < -0.3 is 15.0 Å². The zero-order valence-corrected chi connectivity index (χ0v) is 10.7. The minimum atomic E-state index is -0.319. The second-order valence-corrected chi connectivity index (χ2v) is 4.80. The third-order valence-corrected chi connectivity index (χ3v) is 3.76. The highest BCUT2D eigenvalue weighted by molar-refractivity contribution is 7.11. The molecule has 0 bridgehead atoms. The van der Waals surface area contributed by atoms with Gasteiger partial charge in [0.1, 0.15) is 10.6 Å². The summed E-state index contributed by atoms with van der Waals surface area (Å²) >= 11 is 0.917. The van der Waals surface area contributed by atoms with Gasteiger partial charge in [-0.1, -0.05) is 11.3 Å². The van der Waals surface area contributed by atoms with Gasteiger partial charge in [-0.15, -0.1) is 0 Å². The van der Waals surface area contributed by atoms with Crippen molar-refractivity contribution in [2.24, 2.45) is 7.05 Å². The van der Waals surface area contributed by atoms with Gasteiger partial charge in [0.25, 0.3) is 5.91 Å². The molecule has 94 valence electrons. The molecule has 1 heterocycles. The summed E-state index contributed by atoms with van der Waals surface area (Å²) < 4.78 is 1.44. The van der Waals surface area contributed by atoms with Crippen LogP contribution in [0.25, 0.3) is 0 Å². The minimum absolute atomic E-state index is 0.133. The Balaban J connectivity index is 2.24. The predicted molar refractivity (Wildman–Crippen MR) is 70.4 cm³/mol. The molecule has 0 aliphatic heterocycles. The number of benzene rings is 1. The first kappa shape index (κ1) is 12.4. The van der Waals surface area contributed by atoms with E-state index >= 15 is 0 Å². The van der Waals surface area contributed by atoms with Gasteiger partial charge in [0.05, 0.1) is 0 Å². The molecule has 18 heavy (non-hydrogen) atoms. The van der Waals surface area contributed by atoms with E-state index in [1.165, 1.54) is 16.7 Å². The Hall–Kier alpha value is -2.08. The summed E-state index contributed by atoms with van der Waals surface area (Å²) in [5.41, 5.74) is 1.21. The number of carbonyl (C=O) groups is 1. The molecule has 0 saturated heterocycles. The minimum Gasteiger partial charge on any atom is -0.508 e. The summed E-state index contributed by atoms with van der Waals surface area (Å²) in [4.78, 5) is 23.6. The summed E-state index contributed by atoms with van der Waals surface area (Å²) in [6.45, 7) is 1.73. The van der Waals surface area contributed by atoms with Gasteiger partial charge in [-0.3, -0.25) is 9.59 Å². The Labute approximate surface area is 107 Å². The predicted octanol–water partition coefficient (Wildman–Crippen LogP) is 1.71. The van der Waals surface area contributed by atoms with E-state index < -0.39 is 0 Å². The first-order valence-corrected chi connectivity index (χ1v) is 6.07. The van der Waals surface area contributed by atoms with Gasteiger partial charge >= 0.3 is 4.87 Å². The van der Waals surface area contributed by atoms with E-state index in [1.807, 2.05) is 0 Å². The average Bonchev–Trinajstić information content (AvgIpc) is 2.60. The summed E-state index contributed by atoms with van der Waals surface area (Å²) in [5, 5.41) is 11.8. The number of rotatable bonds is 2. The maximum atomic E-state index is 12.0. The zero-order chi connectivity index (χ0) is 13.3. The van der Waals surface area contributed by atoms with E-state index in [1.54, 1.807) is 26.1 Å². The number of hydrogen-bond acceptors (Lipinski definition) is 4. The molecular formula is C12H12N2O3S. The van der Waals surface area contributed by atoms with E-state index in [0.717, 1.165) is 11.3 Å². The molecule has 2 aromatic rings. The van der Waals surface area contributed by atoms with Crippen molar-refractivity contribution in [1.82, 2.24) is 4.57 Å². The van der Waals surface area contributed by atoms with Crippen LogP contribution in [0.4, 0.5) is 5.69 Å². The van der Waals surface area contributed by atoms with Crippen molar-refractivity contribution in [3.8, 4) is 5.75 Å². The highest BCUT2D eigenvalue weighted by atomic mass is 32.1. The molecule has 0 fully saturated rings. The fourth-order valence-corrected chi connectivity index (χ4v) is 2.34. The van der Waals surface area contributed by atoms with Gasteiger partial charge in [-0.25, -0.2) is 0 Å². The fraction of sp³-hybridized carbons (Fsp3) is 0.167. The van der Waals surface area contributed by atoms with Crippen LogP contribution in [0.3, 0.4) is 0 Å². The number of phenolic OH excluding ortho intramolecular Hbond substituents is 1. The van der Waals surface area contributed by atoms with Crippen LogP contribution < -0.4 is 10.2 Å². The van der Waals surface area contributed by atoms with Crippen molar-refractivity contribution in [2.75, 3.05) is 5.32 Å². The second kappa shape index (κ2) is 4.66. The average molecular weight is 264 g/mol. The number of nitrogens with zero attached hydrogens (tertiary/aromatic N) is 1. The summed E-state index contributed by atoms with van der Waals surface area (Å²) in [6, 6.07) is 6.15. The van der Waals surface area contributed by atoms with Crippen molar-refractivity contribution in [1.29, 1.82) is 0 Å². The zero-order valence-electron chi connectivity index (χ0n) is 9.93. The molecule has 2 N–H and O–H groups in total. The van der Waals surface area contributed by atoms with Crippen LogP contribution in [0.5, 0.6) is 5.75 Å². The molecule has 1 aromatic heterocycles. The van der Waals surface area contributed by atoms with Gasteiger partial charge in [0.15, 0.2) is 0 Å². The van der Waals surface area contributed by atoms with Crippen molar-refractivity contribution < 1.29 is 9.90 Å². The standard InChI is InChI=1S/C12H12N2O3S/c1-7-10(18-12(17)14(7)2)11(16)13-8-3-5-9(15)6-4-8/h3-6,15H,1-2H3,(H,13,16). The summed E-state index contributed by atoms with van der Waals surface area (Å²) in [5.74, 6) is -0.186. The number of amides is 1. The van der Waals surface area contributed by atoms with Crippen molar-refractivity contribution in [2.45, 2.75) is 6.92 Å². The molecule has 0 saturated carbocycles. The molecule has 0 radical (unpaired) electrons. The molecule has 0 aliphatic carbocycles. The van der Waals surface area contributed by atoms with E-state index in [9.17, 15) is 9.59 Å². The molecule has 1 aromatic carbocycles. The number of aromatic nitrogens is 1. The Kier molecular flexibility index (Phi) is 3.20. The fourth-order valence-electron chi connectivity index (χ4n) is 1.46. The molecule has 2 rings (SSSR count). The van der Waals surface area contributed by atoms with Crippen molar-refractivity contribution in [3.05, 3.63) is 44.5 Å². The number of carbonyl (C=O) groups excluding carboxylic acids is 1. The van der Waals surface area contributed by atoms with Crippen molar-refractivity contribution >= 4 is 22.9 Å². The Morgan fingerprint density at radius 2 is 1.94 bits per heavy atom. The molecule has 0 unspecified atom stereocenters. The molecular weight excluding hydrogens is 252 g/mol. The monoisotopic (exact) mass is 264 g/mol. The van der Waals surface area contributed by atoms with Gasteiger partial charge in [0.2, 0.25) is 0 Å². The van der Waals surface area contributed by atoms with Crippen LogP contribution in [0, 0.1) is 6.92 Å². The number of nitrogens with one attached hydrogen (secondary N) is 1. The summed E-state index contributed by atoms with van der Waals surface area (Å²) in [7, 11) is 1.63. The lowest BCUT2D eigenvalue weighted by molar-refractivity contribution is 0.102. The molecule has 1 amide bonds. The lowest BCUT2D eigenvalue weighted by atomic mass is 10.3. The molecule has 0 aliphatic rings. The third kappa shape index (κ3) is 2.28. The second-order valence-electron chi connectivity index (χ2n) is 3.84. The highest BCUT2D eigenvalue weighted by Gasteiger charge is 2.15. The van der Waals surface area contributed by atoms with Crippen LogP contribution in [0.15, 0.2) is 29.1 Å². The first-order chi connectivity index (χ1) is 8.49. The van der Waals surface area contributed by atoms with Crippen LogP contribution in [-0.2, 0) is 7.05 Å². The van der Waals surface area contributed by atoms with Gasteiger partial charge in [-0.05, 0) is 31.2 Å². The number of hydrogen-bond donors (Lipinski definition) is 2. The lowest BCUT2D eigenvalue weighted by Gasteiger charge is -2.04. The molecule has 5 nitrogen and oxygen atoms in total. The maximum absolute atomic E-state index is 12.0. The normalized spacial score (nSPS) is 10.3. The number of thiazole rings is 1. The third-order valence-electron chi connectivity index (χ3n) is 2.63. The van der Waals surface area contributed by atoms with Gasteiger partial charge in [-0.2, -0.15) is 0 Å². The van der Waals surface area contributed by atoms with E-state index in [0.29, 0.717) is 16.3 Å². The summed E-state index contributed by atoms with van der Waals surface area (Å²) in [6.07, 6.45) is 0. The quantitative estimate of drug-likeness (QED) is 0.811. The molecule has 6 heteroatoms. The molecule has 0 spiro atoms. The Bertz CT molecular complexity index is 640. The van der Waals surface area contributed by atoms with E-state index in [4.69, 9.17) is 5.11 Å². The van der Waals surface area contributed by atoms with E-state index in [-0.39, 0.29) is 16.5 Å². The van der Waals surface area contributed by atoms with Crippen LogP contribution in [-0.4, -0.2) is 15.6 Å². The largest absolute Gasteiger partial charge is 0.508 e. The Morgan fingerprint density at radius 3 is 2.44 bits per heavy atom. The maximum Gasteiger partial charge on any atom is 0.307 e. The van der Waals surface area contributed by atoms with Crippen LogP contribution >= 0.6 is 11.3 Å². The smallest absolute Gasteiger partial charge is 0.307 e. The van der Waals surface area contributed by atoms with Crippen molar-refractivity contribution in [3.63, 3.8) is 0 Å². The molecule has 0 atom stereocenters. The van der Waals surface area contributed by atoms with Gasteiger partial charge in [0, 0.05) is 18.4 Å². The number of anilines is 1. The topological polar surface area (TPSA) is 71.3 Å².